The van der Waals surface area contributed by atoms with Crippen molar-refractivity contribution in [3.63, 3.8) is 0 Å². The third-order valence-corrected chi connectivity index (χ3v) is 3.35. The molecule has 0 aliphatic rings. The number of nitrogens with one attached hydrogen (secondary N) is 1. The Kier molecular flexibility index (Phi) is 5.57. The lowest BCUT2D eigenvalue weighted by molar-refractivity contribution is -0.145. The Morgan fingerprint density at radius 2 is 2.10 bits per heavy atom. The van der Waals surface area contributed by atoms with E-state index < -0.39 is 11.5 Å². The van der Waals surface area contributed by atoms with Crippen molar-refractivity contribution in [3.05, 3.63) is 29.3 Å². The van der Waals surface area contributed by atoms with Gasteiger partial charge < -0.3 is 9.84 Å². The van der Waals surface area contributed by atoms with Crippen molar-refractivity contribution in [2.24, 2.45) is 0 Å². The number of hydrogen-bond donors (Lipinski definition) is 2. The number of benzene rings is 1. The van der Waals surface area contributed by atoms with Crippen LogP contribution in [-0.2, 0) is 4.79 Å². The lowest BCUT2D eigenvalue weighted by Crippen LogP contribution is -2.53. The number of likely N-dealkylation sites (N-methyl/N-ethyl adjacent to an activating group) is 1. The molecule has 0 saturated heterocycles. The third kappa shape index (κ3) is 3.97. The first kappa shape index (κ1) is 16.5. The molecule has 0 heterocycles. The number of carbonyl (C=O) groups is 1. The van der Waals surface area contributed by atoms with Crippen LogP contribution in [0.3, 0.4) is 0 Å². The Morgan fingerprint density at radius 1 is 1.45 bits per heavy atom. The molecule has 1 unspecified atom stereocenters. The average Bonchev–Trinajstić information content (AvgIpc) is 2.36. The maximum atomic E-state index is 11.4. The highest BCUT2D eigenvalue weighted by Gasteiger charge is 2.33. The monoisotopic (exact) mass is 279 g/mol. The number of aryl methyl sites for hydroxylation is 1. The molecule has 0 radical (unpaired) electrons. The average molecular weight is 279 g/mol. The molecule has 0 aliphatic heterocycles. The second-order valence-corrected chi connectivity index (χ2v) is 5.65. The molecule has 0 spiro atoms. The van der Waals surface area contributed by atoms with Gasteiger partial charge in [0.2, 0.25) is 0 Å². The van der Waals surface area contributed by atoms with E-state index in [1.807, 2.05) is 32.0 Å². The summed E-state index contributed by atoms with van der Waals surface area (Å²) in [7, 11) is 0. The van der Waals surface area contributed by atoms with Crippen LogP contribution in [0.25, 0.3) is 0 Å². The van der Waals surface area contributed by atoms with Crippen LogP contribution in [0.15, 0.2) is 18.2 Å². The number of rotatable bonds is 7. The van der Waals surface area contributed by atoms with Gasteiger partial charge in [-0.25, -0.2) is 0 Å². The SMILES string of the molecule is CCNC(C)(COc1cc(C)ccc1C(C)C)C(=O)O. The first-order valence-electron chi connectivity index (χ1n) is 7.02. The summed E-state index contributed by atoms with van der Waals surface area (Å²) in [5.41, 5.74) is 1.12. The summed E-state index contributed by atoms with van der Waals surface area (Å²) in [6.07, 6.45) is 0. The molecule has 0 aliphatic carbocycles. The van der Waals surface area contributed by atoms with E-state index in [2.05, 4.69) is 19.2 Å². The Hall–Kier alpha value is -1.55. The van der Waals surface area contributed by atoms with Gasteiger partial charge in [-0.2, -0.15) is 0 Å². The van der Waals surface area contributed by atoms with Crippen LogP contribution < -0.4 is 10.1 Å². The van der Waals surface area contributed by atoms with Gasteiger partial charge in [-0.05, 0) is 43.5 Å². The molecule has 1 rings (SSSR count). The van der Waals surface area contributed by atoms with E-state index in [9.17, 15) is 9.90 Å². The number of carboxylic acids is 1. The molecule has 4 nitrogen and oxygen atoms in total. The van der Waals surface area contributed by atoms with Crippen molar-refractivity contribution in [3.8, 4) is 5.75 Å². The highest BCUT2D eigenvalue weighted by molar-refractivity contribution is 5.78. The molecule has 0 amide bonds. The topological polar surface area (TPSA) is 58.6 Å². The molecule has 4 heteroatoms. The maximum absolute atomic E-state index is 11.4. The van der Waals surface area contributed by atoms with Gasteiger partial charge in [0.15, 0.2) is 0 Å². The van der Waals surface area contributed by atoms with E-state index in [1.165, 1.54) is 0 Å². The lowest BCUT2D eigenvalue weighted by atomic mass is 10.00. The molecule has 112 valence electrons. The van der Waals surface area contributed by atoms with Crippen LogP contribution in [0.4, 0.5) is 0 Å². The normalized spacial score (nSPS) is 14.1. The van der Waals surface area contributed by atoms with E-state index in [-0.39, 0.29) is 6.61 Å². The smallest absolute Gasteiger partial charge is 0.327 e. The fourth-order valence-corrected chi connectivity index (χ4v) is 2.04. The Morgan fingerprint density at radius 3 is 2.60 bits per heavy atom. The summed E-state index contributed by atoms with van der Waals surface area (Å²) in [6.45, 7) is 10.4. The fraction of sp³-hybridized carbons (Fsp3) is 0.562. The van der Waals surface area contributed by atoms with Crippen LogP contribution >= 0.6 is 0 Å². The zero-order chi connectivity index (χ0) is 15.3. The van der Waals surface area contributed by atoms with Crippen LogP contribution in [0.5, 0.6) is 5.75 Å². The van der Waals surface area contributed by atoms with Gasteiger partial charge >= 0.3 is 5.97 Å². The van der Waals surface area contributed by atoms with Crippen LogP contribution in [0.1, 0.15) is 44.7 Å². The summed E-state index contributed by atoms with van der Waals surface area (Å²) in [5, 5.41) is 12.3. The summed E-state index contributed by atoms with van der Waals surface area (Å²) in [6, 6.07) is 6.05. The number of hydrogen-bond acceptors (Lipinski definition) is 3. The van der Waals surface area contributed by atoms with Crippen molar-refractivity contribution >= 4 is 5.97 Å². The van der Waals surface area contributed by atoms with Gasteiger partial charge in [0.05, 0.1) is 0 Å². The maximum Gasteiger partial charge on any atom is 0.327 e. The van der Waals surface area contributed by atoms with E-state index in [0.29, 0.717) is 12.5 Å². The minimum atomic E-state index is -1.08. The van der Waals surface area contributed by atoms with Crippen molar-refractivity contribution in [2.45, 2.75) is 46.1 Å². The number of carboxylic acid groups (broad SMARTS) is 1. The minimum absolute atomic E-state index is 0.0966. The summed E-state index contributed by atoms with van der Waals surface area (Å²) in [4.78, 5) is 11.4. The zero-order valence-corrected chi connectivity index (χ0v) is 13.0. The Balaban J connectivity index is 2.93. The van der Waals surface area contributed by atoms with Gasteiger partial charge in [0.1, 0.15) is 17.9 Å². The van der Waals surface area contributed by atoms with Crippen molar-refractivity contribution in [1.82, 2.24) is 5.32 Å². The molecule has 0 saturated carbocycles. The predicted octanol–water partition coefficient (Wildman–Crippen LogP) is 2.95. The van der Waals surface area contributed by atoms with Gasteiger partial charge in [-0.1, -0.05) is 32.9 Å². The predicted molar refractivity (Wildman–Crippen MR) is 80.5 cm³/mol. The summed E-state index contributed by atoms with van der Waals surface area (Å²) in [5.74, 6) is 0.198. The molecule has 0 bridgehead atoms. The van der Waals surface area contributed by atoms with E-state index >= 15 is 0 Å². The van der Waals surface area contributed by atoms with E-state index in [1.54, 1.807) is 6.92 Å². The van der Waals surface area contributed by atoms with Gasteiger partial charge in [0, 0.05) is 0 Å². The highest BCUT2D eigenvalue weighted by Crippen LogP contribution is 2.28. The van der Waals surface area contributed by atoms with Crippen molar-refractivity contribution in [1.29, 1.82) is 0 Å². The molecule has 1 atom stereocenters. The molecule has 0 aromatic heterocycles. The van der Waals surface area contributed by atoms with Crippen LogP contribution in [-0.4, -0.2) is 29.8 Å². The van der Waals surface area contributed by atoms with E-state index in [4.69, 9.17) is 4.74 Å². The standard InChI is InChI=1S/C16H25NO3/c1-6-17-16(5,15(18)19)10-20-14-9-12(4)7-8-13(14)11(2)3/h7-9,11,17H,6,10H2,1-5H3,(H,18,19). The van der Waals surface area contributed by atoms with Crippen LogP contribution in [0.2, 0.25) is 0 Å². The van der Waals surface area contributed by atoms with Crippen LogP contribution in [0, 0.1) is 6.92 Å². The first-order valence-corrected chi connectivity index (χ1v) is 7.02. The van der Waals surface area contributed by atoms with Gasteiger partial charge in [0.25, 0.3) is 0 Å². The third-order valence-electron chi connectivity index (χ3n) is 3.35. The zero-order valence-electron chi connectivity index (χ0n) is 13.0. The molecule has 1 aromatic rings. The quantitative estimate of drug-likeness (QED) is 0.805. The van der Waals surface area contributed by atoms with Crippen molar-refractivity contribution in [2.75, 3.05) is 13.2 Å². The largest absolute Gasteiger partial charge is 0.491 e. The summed E-state index contributed by atoms with van der Waals surface area (Å²) >= 11 is 0. The van der Waals surface area contributed by atoms with Crippen molar-refractivity contribution < 1.29 is 14.6 Å². The Labute approximate surface area is 121 Å². The number of ether oxygens (including phenoxy) is 1. The highest BCUT2D eigenvalue weighted by atomic mass is 16.5. The molecule has 0 fully saturated rings. The van der Waals surface area contributed by atoms with E-state index in [0.717, 1.165) is 16.9 Å². The van der Waals surface area contributed by atoms with Gasteiger partial charge in [-0.3, -0.25) is 10.1 Å². The first-order chi connectivity index (χ1) is 9.30. The second-order valence-electron chi connectivity index (χ2n) is 5.65. The van der Waals surface area contributed by atoms with Gasteiger partial charge in [-0.15, -0.1) is 0 Å². The lowest BCUT2D eigenvalue weighted by Gasteiger charge is -2.26. The second kappa shape index (κ2) is 6.75. The Bertz CT molecular complexity index is 471. The fourth-order valence-electron chi connectivity index (χ4n) is 2.04. The minimum Gasteiger partial charge on any atom is -0.491 e. The molecular formula is C16H25NO3. The molecule has 20 heavy (non-hydrogen) atoms. The summed E-state index contributed by atoms with van der Waals surface area (Å²) < 4.78 is 5.81. The number of aliphatic carboxylic acids is 1. The molecular weight excluding hydrogens is 254 g/mol. The molecule has 1 aromatic carbocycles. The molecule has 2 N–H and O–H groups in total.